The largest absolute Gasteiger partial charge is 0.476 e. The van der Waals surface area contributed by atoms with Gasteiger partial charge in [0.05, 0.1) is 0 Å². The van der Waals surface area contributed by atoms with Crippen molar-refractivity contribution in [3.8, 4) is 0 Å². The lowest BCUT2D eigenvalue weighted by Gasteiger charge is -2.19. The van der Waals surface area contributed by atoms with Crippen molar-refractivity contribution in [2.24, 2.45) is 0 Å². The lowest BCUT2D eigenvalue weighted by Crippen LogP contribution is -2.01. The zero-order valence-corrected chi connectivity index (χ0v) is 13.8. The van der Waals surface area contributed by atoms with Crippen LogP contribution in [0.25, 0.3) is 5.57 Å². The highest BCUT2D eigenvalue weighted by atomic mass is 19.1. The van der Waals surface area contributed by atoms with Gasteiger partial charge in [-0.25, -0.2) is 9.18 Å². The number of carboxylic acid groups (broad SMARTS) is 1. The van der Waals surface area contributed by atoms with Crippen LogP contribution in [0.3, 0.4) is 0 Å². The van der Waals surface area contributed by atoms with Crippen molar-refractivity contribution in [3.05, 3.63) is 76.4 Å². The van der Waals surface area contributed by atoms with Gasteiger partial charge >= 0.3 is 5.97 Å². The van der Waals surface area contributed by atoms with Gasteiger partial charge in [0.1, 0.15) is 5.83 Å². The summed E-state index contributed by atoms with van der Waals surface area (Å²) in [6.07, 6.45) is 6.98. The summed E-state index contributed by atoms with van der Waals surface area (Å²) in [5.74, 6) is -3.45. The number of rotatable bonds is 4. The van der Waals surface area contributed by atoms with Gasteiger partial charge in [0.15, 0.2) is 0 Å². The second-order valence-electron chi connectivity index (χ2n) is 5.85. The molecule has 1 N–H and O–H groups in total. The van der Waals surface area contributed by atoms with Gasteiger partial charge in [0.25, 0.3) is 0 Å². The molecule has 126 valence electrons. The average molecular weight is 330 g/mol. The second kappa shape index (κ2) is 7.86. The molecule has 1 aromatic carbocycles. The van der Waals surface area contributed by atoms with Crippen LogP contribution in [0.2, 0.25) is 0 Å². The number of carboxylic acids is 1. The Bertz CT molecular complexity index is 768. The molecule has 2 nitrogen and oxygen atoms in total. The maximum Gasteiger partial charge on any atom is 0.365 e. The summed E-state index contributed by atoms with van der Waals surface area (Å²) < 4.78 is 27.4. The van der Waals surface area contributed by atoms with E-state index in [9.17, 15) is 13.6 Å². The minimum atomic E-state index is -1.65. The third-order valence-electron chi connectivity index (χ3n) is 4.04. The number of fused-ring (bicyclic) bond motifs is 1. The Hall–Kier alpha value is -2.49. The van der Waals surface area contributed by atoms with Gasteiger partial charge in [-0.1, -0.05) is 36.4 Å². The fourth-order valence-corrected chi connectivity index (χ4v) is 2.71. The Balaban J connectivity index is 2.28. The van der Waals surface area contributed by atoms with E-state index >= 15 is 0 Å². The summed E-state index contributed by atoms with van der Waals surface area (Å²) in [6.45, 7) is 2.94. The third-order valence-corrected chi connectivity index (χ3v) is 4.04. The molecular weight excluding hydrogens is 310 g/mol. The van der Waals surface area contributed by atoms with Crippen LogP contribution < -0.4 is 0 Å². The highest BCUT2D eigenvalue weighted by Gasteiger charge is 2.13. The van der Waals surface area contributed by atoms with Crippen molar-refractivity contribution < 1.29 is 18.7 Å². The van der Waals surface area contributed by atoms with Crippen LogP contribution in [-0.2, 0) is 11.2 Å². The van der Waals surface area contributed by atoms with E-state index in [1.165, 1.54) is 12.5 Å². The summed E-state index contributed by atoms with van der Waals surface area (Å²) in [7, 11) is 0. The Morgan fingerprint density at radius 1 is 1.08 bits per heavy atom. The molecular formula is C20H20F2O2. The Kier molecular flexibility index (Phi) is 5.85. The molecule has 1 aromatic rings. The van der Waals surface area contributed by atoms with Crippen molar-refractivity contribution in [1.29, 1.82) is 0 Å². The molecule has 0 amide bonds. The van der Waals surface area contributed by atoms with Gasteiger partial charge < -0.3 is 5.11 Å². The second-order valence-corrected chi connectivity index (χ2v) is 5.85. The van der Waals surface area contributed by atoms with Crippen LogP contribution in [0.1, 0.15) is 37.8 Å². The number of aliphatic carboxylic acids is 1. The molecule has 0 aromatic heterocycles. The molecule has 0 unspecified atom stereocenters. The van der Waals surface area contributed by atoms with E-state index in [0.717, 1.165) is 42.6 Å². The van der Waals surface area contributed by atoms with E-state index in [4.69, 9.17) is 5.11 Å². The zero-order valence-electron chi connectivity index (χ0n) is 13.8. The Morgan fingerprint density at radius 3 is 2.50 bits per heavy atom. The molecule has 0 aliphatic heterocycles. The van der Waals surface area contributed by atoms with Crippen molar-refractivity contribution in [3.63, 3.8) is 0 Å². The molecule has 0 bridgehead atoms. The molecule has 0 radical (unpaired) electrons. The summed E-state index contributed by atoms with van der Waals surface area (Å²) in [5.41, 5.74) is 3.80. The number of aryl methyl sites for hydroxylation is 1. The van der Waals surface area contributed by atoms with Crippen LogP contribution in [0, 0.1) is 0 Å². The Morgan fingerprint density at radius 2 is 1.79 bits per heavy atom. The lowest BCUT2D eigenvalue weighted by atomic mass is 9.86. The first-order chi connectivity index (χ1) is 11.4. The molecule has 4 heteroatoms. The van der Waals surface area contributed by atoms with Gasteiger partial charge in [-0.15, -0.1) is 0 Å². The normalized spacial score (nSPS) is 18.2. The summed E-state index contributed by atoms with van der Waals surface area (Å²) >= 11 is 0. The predicted octanol–water partition coefficient (Wildman–Crippen LogP) is 5.53. The minimum absolute atomic E-state index is 0.124. The van der Waals surface area contributed by atoms with Crippen molar-refractivity contribution in [2.75, 3.05) is 0 Å². The predicted molar refractivity (Wildman–Crippen MR) is 91.7 cm³/mol. The SMILES string of the molecule is CC(/C=C/C(F)=C(C)\C=C1/CCCc2ccccc21)=C(/F)C(=O)O. The van der Waals surface area contributed by atoms with E-state index in [-0.39, 0.29) is 5.57 Å². The summed E-state index contributed by atoms with van der Waals surface area (Å²) in [5, 5.41) is 8.55. The first-order valence-electron chi connectivity index (χ1n) is 7.83. The van der Waals surface area contributed by atoms with Crippen LogP contribution in [-0.4, -0.2) is 11.1 Å². The van der Waals surface area contributed by atoms with Gasteiger partial charge in [-0.3, -0.25) is 0 Å². The monoisotopic (exact) mass is 330 g/mol. The number of carbonyl (C=O) groups is 1. The number of allylic oxidation sites excluding steroid dienone is 7. The molecule has 0 spiro atoms. The van der Waals surface area contributed by atoms with Crippen molar-refractivity contribution in [2.45, 2.75) is 33.1 Å². The molecule has 1 aliphatic rings. The molecule has 0 saturated carbocycles. The fraction of sp³-hybridized carbons (Fsp3) is 0.250. The quantitative estimate of drug-likeness (QED) is 0.582. The maximum atomic E-state index is 14.2. The molecule has 0 saturated heterocycles. The molecule has 0 fully saturated rings. The molecule has 24 heavy (non-hydrogen) atoms. The number of hydrogen-bond acceptors (Lipinski definition) is 1. The van der Waals surface area contributed by atoms with Crippen LogP contribution >= 0.6 is 0 Å². The summed E-state index contributed by atoms with van der Waals surface area (Å²) in [4.78, 5) is 10.5. The topological polar surface area (TPSA) is 37.3 Å². The van der Waals surface area contributed by atoms with Crippen LogP contribution in [0.5, 0.6) is 0 Å². The highest BCUT2D eigenvalue weighted by molar-refractivity contribution is 5.85. The molecule has 0 atom stereocenters. The van der Waals surface area contributed by atoms with Crippen molar-refractivity contribution in [1.82, 2.24) is 0 Å². The number of hydrogen-bond donors (Lipinski definition) is 1. The van der Waals surface area contributed by atoms with Crippen molar-refractivity contribution >= 4 is 11.5 Å². The van der Waals surface area contributed by atoms with E-state index in [1.807, 2.05) is 24.3 Å². The molecule has 0 heterocycles. The van der Waals surface area contributed by atoms with Gasteiger partial charge in [-0.05, 0) is 67.0 Å². The average Bonchev–Trinajstić information content (AvgIpc) is 2.58. The number of halogens is 2. The van der Waals surface area contributed by atoms with Gasteiger partial charge in [0, 0.05) is 0 Å². The van der Waals surface area contributed by atoms with E-state index in [0.29, 0.717) is 5.57 Å². The maximum absolute atomic E-state index is 14.2. The minimum Gasteiger partial charge on any atom is -0.476 e. The van der Waals surface area contributed by atoms with E-state index in [2.05, 4.69) is 6.07 Å². The lowest BCUT2D eigenvalue weighted by molar-refractivity contribution is -0.134. The van der Waals surface area contributed by atoms with Gasteiger partial charge in [-0.2, -0.15) is 4.39 Å². The standard InChI is InChI=1S/C20H20F2O2/c1-13(19(22)20(23)24)10-11-18(21)14(2)12-16-8-5-7-15-6-3-4-9-17(15)16/h3-4,6,9-12H,5,7-8H2,1-2H3,(H,23,24)/b11-10+,16-12+,18-14+,19-13-. The van der Waals surface area contributed by atoms with Crippen LogP contribution in [0.15, 0.2) is 65.3 Å². The van der Waals surface area contributed by atoms with E-state index in [1.54, 1.807) is 6.92 Å². The first-order valence-corrected chi connectivity index (χ1v) is 7.83. The van der Waals surface area contributed by atoms with E-state index < -0.39 is 17.6 Å². The third kappa shape index (κ3) is 4.28. The summed E-state index contributed by atoms with van der Waals surface area (Å²) in [6, 6.07) is 8.09. The van der Waals surface area contributed by atoms with Gasteiger partial charge in [0.2, 0.25) is 5.83 Å². The fourth-order valence-electron chi connectivity index (χ4n) is 2.71. The number of benzene rings is 1. The highest BCUT2D eigenvalue weighted by Crippen LogP contribution is 2.31. The molecule has 1 aliphatic carbocycles. The zero-order chi connectivity index (χ0) is 17.7. The van der Waals surface area contributed by atoms with Crippen LogP contribution in [0.4, 0.5) is 8.78 Å². The molecule has 2 rings (SSSR count). The Labute approximate surface area is 140 Å². The smallest absolute Gasteiger partial charge is 0.365 e. The first kappa shape index (κ1) is 17.9.